The normalized spacial score (nSPS) is 11.0. The molecule has 0 aromatic carbocycles. The SMILES string of the molecule is CN=C(NCc1ccc(OC)nc1)N(C)Cc1cc(Cl)cn1C.I. The predicted molar refractivity (Wildman–Crippen MR) is 108 cm³/mol. The summed E-state index contributed by atoms with van der Waals surface area (Å²) < 4.78 is 7.07. The van der Waals surface area contributed by atoms with Crippen molar-refractivity contribution in [3.63, 3.8) is 0 Å². The molecule has 0 bridgehead atoms. The Bertz CT molecular complexity index is 672. The Kier molecular flexibility index (Phi) is 8.34. The molecule has 0 saturated carbocycles. The third-order valence-corrected chi connectivity index (χ3v) is 3.71. The van der Waals surface area contributed by atoms with Crippen molar-refractivity contribution in [3.8, 4) is 5.88 Å². The lowest BCUT2D eigenvalue weighted by Crippen LogP contribution is -2.38. The molecule has 2 rings (SSSR count). The smallest absolute Gasteiger partial charge is 0.212 e. The maximum absolute atomic E-state index is 6.03. The van der Waals surface area contributed by atoms with Crippen LogP contribution in [0.5, 0.6) is 5.88 Å². The number of aryl methyl sites for hydroxylation is 1. The predicted octanol–water partition coefficient (Wildman–Crippen LogP) is 2.91. The molecule has 0 atom stereocenters. The molecule has 0 amide bonds. The van der Waals surface area contributed by atoms with Gasteiger partial charge in [0.15, 0.2) is 5.96 Å². The first-order valence-electron chi connectivity index (χ1n) is 7.25. The van der Waals surface area contributed by atoms with Crippen molar-refractivity contribution in [3.05, 3.63) is 46.9 Å². The van der Waals surface area contributed by atoms with Gasteiger partial charge in [0.2, 0.25) is 5.88 Å². The van der Waals surface area contributed by atoms with Crippen LogP contribution in [-0.2, 0) is 20.1 Å². The third-order valence-electron chi connectivity index (χ3n) is 3.50. The Morgan fingerprint density at radius 3 is 2.71 bits per heavy atom. The molecule has 0 saturated heterocycles. The average molecular weight is 464 g/mol. The van der Waals surface area contributed by atoms with Crippen LogP contribution in [0.15, 0.2) is 35.6 Å². The Morgan fingerprint density at radius 2 is 2.21 bits per heavy atom. The molecular formula is C16H23ClIN5O. The van der Waals surface area contributed by atoms with Gasteiger partial charge >= 0.3 is 0 Å². The number of pyridine rings is 1. The molecule has 132 valence electrons. The fourth-order valence-electron chi connectivity index (χ4n) is 2.24. The van der Waals surface area contributed by atoms with Gasteiger partial charge < -0.3 is 19.5 Å². The van der Waals surface area contributed by atoms with E-state index < -0.39 is 0 Å². The molecule has 24 heavy (non-hydrogen) atoms. The molecule has 1 N–H and O–H groups in total. The Hall–Kier alpha value is -1.48. The molecular weight excluding hydrogens is 441 g/mol. The van der Waals surface area contributed by atoms with Gasteiger partial charge in [0, 0.05) is 51.8 Å². The lowest BCUT2D eigenvalue weighted by atomic mass is 10.3. The number of ether oxygens (including phenoxy) is 1. The summed E-state index contributed by atoms with van der Waals surface area (Å²) in [5.41, 5.74) is 2.17. The average Bonchev–Trinajstić information content (AvgIpc) is 2.86. The maximum atomic E-state index is 6.03. The van der Waals surface area contributed by atoms with Gasteiger partial charge in [-0.05, 0) is 11.6 Å². The lowest BCUT2D eigenvalue weighted by molar-refractivity contribution is 0.397. The molecule has 2 heterocycles. The minimum Gasteiger partial charge on any atom is -0.481 e. The van der Waals surface area contributed by atoms with E-state index >= 15 is 0 Å². The molecule has 6 nitrogen and oxygen atoms in total. The molecule has 0 aliphatic carbocycles. The number of methoxy groups -OCH3 is 1. The first-order valence-corrected chi connectivity index (χ1v) is 7.62. The van der Waals surface area contributed by atoms with Crippen LogP contribution in [0.3, 0.4) is 0 Å². The van der Waals surface area contributed by atoms with Crippen LogP contribution in [-0.4, -0.2) is 41.6 Å². The van der Waals surface area contributed by atoms with E-state index in [4.69, 9.17) is 16.3 Å². The van der Waals surface area contributed by atoms with E-state index in [2.05, 4.69) is 15.3 Å². The molecule has 8 heteroatoms. The molecule has 2 aromatic rings. The van der Waals surface area contributed by atoms with Crippen LogP contribution < -0.4 is 10.1 Å². The molecule has 0 radical (unpaired) electrons. The standard InChI is InChI=1S/C16H22ClN5O.HI/c1-18-16(20-9-12-5-6-15(23-4)19-8-12)22(3)11-14-7-13(17)10-21(14)2;/h5-8,10H,9,11H2,1-4H3,(H,18,20);1H. The van der Waals surface area contributed by atoms with Gasteiger partial charge in [-0.15, -0.1) is 24.0 Å². The Morgan fingerprint density at radius 1 is 1.46 bits per heavy atom. The quantitative estimate of drug-likeness (QED) is 0.421. The van der Waals surface area contributed by atoms with Gasteiger partial charge in [0.05, 0.1) is 18.7 Å². The summed E-state index contributed by atoms with van der Waals surface area (Å²) in [6.45, 7) is 1.35. The van der Waals surface area contributed by atoms with E-state index in [0.29, 0.717) is 19.0 Å². The van der Waals surface area contributed by atoms with Crippen molar-refractivity contribution in [1.82, 2.24) is 19.8 Å². The Labute approximate surface area is 164 Å². The molecule has 0 unspecified atom stereocenters. The number of nitrogens with zero attached hydrogens (tertiary/aromatic N) is 4. The first-order chi connectivity index (χ1) is 11.0. The fourth-order valence-corrected chi connectivity index (χ4v) is 2.52. The van der Waals surface area contributed by atoms with Crippen LogP contribution in [0.1, 0.15) is 11.3 Å². The van der Waals surface area contributed by atoms with Gasteiger partial charge in [-0.25, -0.2) is 4.98 Å². The number of aromatic nitrogens is 2. The highest BCUT2D eigenvalue weighted by Gasteiger charge is 2.09. The number of nitrogens with one attached hydrogen (secondary N) is 1. The number of rotatable bonds is 5. The van der Waals surface area contributed by atoms with Crippen molar-refractivity contribution < 1.29 is 4.74 Å². The fraction of sp³-hybridized carbons (Fsp3) is 0.375. The monoisotopic (exact) mass is 463 g/mol. The number of halogens is 2. The second-order valence-electron chi connectivity index (χ2n) is 5.23. The topological polar surface area (TPSA) is 54.7 Å². The number of hydrogen-bond acceptors (Lipinski definition) is 3. The van der Waals surface area contributed by atoms with Crippen LogP contribution in [0.2, 0.25) is 5.02 Å². The van der Waals surface area contributed by atoms with Crippen molar-refractivity contribution in [2.75, 3.05) is 21.2 Å². The summed E-state index contributed by atoms with van der Waals surface area (Å²) in [5, 5.41) is 4.06. The zero-order chi connectivity index (χ0) is 16.8. The van der Waals surface area contributed by atoms with E-state index in [-0.39, 0.29) is 24.0 Å². The Balaban J connectivity index is 0.00000288. The summed E-state index contributed by atoms with van der Waals surface area (Å²) in [4.78, 5) is 10.6. The van der Waals surface area contributed by atoms with E-state index in [0.717, 1.165) is 22.2 Å². The summed E-state index contributed by atoms with van der Waals surface area (Å²) in [7, 11) is 7.34. The minimum atomic E-state index is 0. The van der Waals surface area contributed by atoms with Crippen LogP contribution in [0.25, 0.3) is 0 Å². The van der Waals surface area contributed by atoms with E-state index in [1.54, 1.807) is 20.4 Å². The van der Waals surface area contributed by atoms with Crippen molar-refractivity contribution in [2.24, 2.45) is 12.0 Å². The summed E-state index contributed by atoms with van der Waals surface area (Å²) in [5.74, 6) is 1.41. The largest absolute Gasteiger partial charge is 0.481 e. The van der Waals surface area contributed by atoms with E-state index in [9.17, 15) is 0 Å². The van der Waals surface area contributed by atoms with Crippen molar-refractivity contribution in [1.29, 1.82) is 0 Å². The van der Waals surface area contributed by atoms with Gasteiger partial charge in [0.1, 0.15) is 0 Å². The zero-order valence-corrected chi connectivity index (χ0v) is 17.4. The second kappa shape index (κ2) is 9.73. The van der Waals surface area contributed by atoms with Gasteiger partial charge in [0.25, 0.3) is 0 Å². The van der Waals surface area contributed by atoms with Crippen LogP contribution in [0, 0.1) is 0 Å². The second-order valence-corrected chi connectivity index (χ2v) is 5.66. The number of aliphatic imine (C=N–C) groups is 1. The van der Waals surface area contributed by atoms with Gasteiger partial charge in [-0.3, -0.25) is 4.99 Å². The molecule has 0 spiro atoms. The van der Waals surface area contributed by atoms with Crippen LogP contribution >= 0.6 is 35.6 Å². The maximum Gasteiger partial charge on any atom is 0.212 e. The number of guanidine groups is 1. The number of hydrogen-bond donors (Lipinski definition) is 1. The molecule has 0 aliphatic heterocycles. The van der Waals surface area contributed by atoms with Crippen molar-refractivity contribution in [2.45, 2.75) is 13.1 Å². The van der Waals surface area contributed by atoms with Gasteiger partial charge in [-0.2, -0.15) is 0 Å². The van der Waals surface area contributed by atoms with Crippen molar-refractivity contribution >= 4 is 41.5 Å². The summed E-state index contributed by atoms with van der Waals surface area (Å²) in [6, 6.07) is 5.78. The lowest BCUT2D eigenvalue weighted by Gasteiger charge is -2.22. The first kappa shape index (κ1) is 20.6. The third kappa shape index (κ3) is 5.55. The van der Waals surface area contributed by atoms with Gasteiger partial charge in [-0.1, -0.05) is 17.7 Å². The molecule has 2 aromatic heterocycles. The summed E-state index contributed by atoms with van der Waals surface area (Å²) in [6.07, 6.45) is 3.68. The molecule has 0 aliphatic rings. The van der Waals surface area contributed by atoms with E-state index in [1.807, 2.05) is 48.0 Å². The highest BCUT2D eigenvalue weighted by atomic mass is 127. The van der Waals surface area contributed by atoms with E-state index in [1.165, 1.54) is 0 Å². The van der Waals surface area contributed by atoms with Crippen LogP contribution in [0.4, 0.5) is 0 Å². The summed E-state index contributed by atoms with van der Waals surface area (Å²) >= 11 is 6.03. The highest BCUT2D eigenvalue weighted by Crippen LogP contribution is 2.14. The molecule has 0 fully saturated rings. The highest BCUT2D eigenvalue weighted by molar-refractivity contribution is 14.0. The minimum absolute atomic E-state index is 0. The zero-order valence-electron chi connectivity index (χ0n) is 14.3.